The van der Waals surface area contributed by atoms with Crippen molar-refractivity contribution in [2.45, 2.75) is 44.8 Å². The van der Waals surface area contributed by atoms with E-state index in [4.69, 9.17) is 0 Å². The number of aliphatic imine (C=N–C) groups is 1. The summed E-state index contributed by atoms with van der Waals surface area (Å²) in [7, 11) is 1.82. The van der Waals surface area contributed by atoms with Gasteiger partial charge in [-0.25, -0.2) is 0 Å². The van der Waals surface area contributed by atoms with Crippen LogP contribution in [0, 0.1) is 0 Å². The Morgan fingerprint density at radius 1 is 1.07 bits per heavy atom. The summed E-state index contributed by atoms with van der Waals surface area (Å²) in [4.78, 5) is 6.96. The van der Waals surface area contributed by atoms with E-state index in [0.29, 0.717) is 12.6 Å². The van der Waals surface area contributed by atoms with E-state index >= 15 is 0 Å². The molecule has 0 amide bonds. The molecule has 0 aliphatic carbocycles. The standard InChI is InChI=1S/C20H29N7/c1-21-20(23-15-19-25-24-18-10-7-13-27(18)19)22-14-17(26-11-5-6-12-26)16-8-3-2-4-9-16/h2-4,8-9,17H,5-7,10-15H2,1H3,(H2,21,22,23). The minimum Gasteiger partial charge on any atom is -0.354 e. The second-order valence-corrected chi connectivity index (χ2v) is 7.26. The maximum Gasteiger partial charge on any atom is 0.191 e. The van der Waals surface area contributed by atoms with Crippen molar-refractivity contribution >= 4 is 5.96 Å². The first-order valence-electron chi connectivity index (χ1n) is 9.99. The van der Waals surface area contributed by atoms with Crippen molar-refractivity contribution in [3.8, 4) is 0 Å². The van der Waals surface area contributed by atoms with Gasteiger partial charge in [0.25, 0.3) is 0 Å². The first-order valence-corrected chi connectivity index (χ1v) is 9.99. The number of likely N-dealkylation sites (tertiary alicyclic amines) is 1. The highest BCUT2D eigenvalue weighted by atomic mass is 15.3. The van der Waals surface area contributed by atoms with Gasteiger partial charge in [-0.05, 0) is 37.9 Å². The minimum atomic E-state index is 0.365. The average Bonchev–Trinajstić information content (AvgIpc) is 3.44. The fourth-order valence-electron chi connectivity index (χ4n) is 4.10. The van der Waals surface area contributed by atoms with Crippen LogP contribution in [0.1, 0.15) is 42.5 Å². The van der Waals surface area contributed by atoms with Crippen molar-refractivity contribution in [3.63, 3.8) is 0 Å². The molecule has 4 rings (SSSR count). The average molecular weight is 368 g/mol. The van der Waals surface area contributed by atoms with Crippen molar-refractivity contribution in [3.05, 3.63) is 47.5 Å². The Morgan fingerprint density at radius 2 is 1.89 bits per heavy atom. The molecule has 1 aromatic heterocycles. The SMILES string of the molecule is CN=C(NCc1nnc2n1CCC2)NCC(c1ccccc1)N1CCCC1. The second kappa shape index (κ2) is 8.52. The third-order valence-corrected chi connectivity index (χ3v) is 5.55. The van der Waals surface area contributed by atoms with Gasteiger partial charge >= 0.3 is 0 Å². The van der Waals surface area contributed by atoms with Crippen LogP contribution in [-0.2, 0) is 19.5 Å². The Bertz CT molecular complexity index is 762. The highest BCUT2D eigenvalue weighted by molar-refractivity contribution is 5.79. The van der Waals surface area contributed by atoms with Crippen LogP contribution < -0.4 is 10.6 Å². The molecule has 2 N–H and O–H groups in total. The molecule has 7 nitrogen and oxygen atoms in total. The molecule has 7 heteroatoms. The van der Waals surface area contributed by atoms with Crippen LogP contribution in [0.2, 0.25) is 0 Å². The summed E-state index contributed by atoms with van der Waals surface area (Å²) in [5.74, 6) is 2.91. The van der Waals surface area contributed by atoms with Gasteiger partial charge in [-0.1, -0.05) is 30.3 Å². The molecule has 0 spiro atoms. The minimum absolute atomic E-state index is 0.365. The Balaban J connectivity index is 1.36. The maximum atomic E-state index is 4.39. The Morgan fingerprint density at radius 3 is 2.67 bits per heavy atom. The Kier molecular flexibility index (Phi) is 5.67. The van der Waals surface area contributed by atoms with Crippen molar-refractivity contribution in [1.29, 1.82) is 0 Å². The molecule has 1 atom stereocenters. The van der Waals surface area contributed by atoms with Crippen LogP contribution in [-0.4, -0.2) is 52.3 Å². The van der Waals surface area contributed by atoms with Gasteiger partial charge in [0.2, 0.25) is 0 Å². The smallest absolute Gasteiger partial charge is 0.191 e. The van der Waals surface area contributed by atoms with Gasteiger partial charge in [-0.3, -0.25) is 9.89 Å². The highest BCUT2D eigenvalue weighted by Crippen LogP contribution is 2.24. The van der Waals surface area contributed by atoms with E-state index < -0.39 is 0 Å². The van der Waals surface area contributed by atoms with E-state index in [0.717, 1.165) is 37.1 Å². The monoisotopic (exact) mass is 367 g/mol. The normalized spacial score (nSPS) is 18.5. The lowest BCUT2D eigenvalue weighted by Gasteiger charge is -2.28. The van der Waals surface area contributed by atoms with E-state index in [2.05, 4.69) is 65.6 Å². The lowest BCUT2D eigenvalue weighted by atomic mass is 10.1. The Hall–Kier alpha value is -2.41. The van der Waals surface area contributed by atoms with Gasteiger partial charge in [0.1, 0.15) is 5.82 Å². The molecule has 2 aromatic rings. The number of hydrogen-bond acceptors (Lipinski definition) is 4. The number of nitrogens with one attached hydrogen (secondary N) is 2. The topological polar surface area (TPSA) is 70.4 Å². The first kappa shape index (κ1) is 18.0. The van der Waals surface area contributed by atoms with Crippen LogP contribution in [0.5, 0.6) is 0 Å². The number of guanidine groups is 1. The van der Waals surface area contributed by atoms with Crippen molar-refractivity contribution in [1.82, 2.24) is 30.3 Å². The number of fused-ring (bicyclic) bond motifs is 1. The fraction of sp³-hybridized carbons (Fsp3) is 0.550. The summed E-state index contributed by atoms with van der Waals surface area (Å²) in [6, 6.07) is 11.1. The molecule has 1 saturated heterocycles. The van der Waals surface area contributed by atoms with E-state index in [1.165, 1.54) is 37.9 Å². The van der Waals surface area contributed by atoms with Crippen molar-refractivity contribution in [2.24, 2.45) is 4.99 Å². The first-order chi connectivity index (χ1) is 13.3. The van der Waals surface area contributed by atoms with Crippen LogP contribution in [0.4, 0.5) is 0 Å². The summed E-state index contributed by atoms with van der Waals surface area (Å²) in [5, 5.41) is 15.5. The number of aryl methyl sites for hydroxylation is 1. The third-order valence-electron chi connectivity index (χ3n) is 5.55. The van der Waals surface area contributed by atoms with Crippen LogP contribution in [0.3, 0.4) is 0 Å². The molecule has 27 heavy (non-hydrogen) atoms. The summed E-state index contributed by atoms with van der Waals surface area (Å²) >= 11 is 0. The van der Waals surface area contributed by atoms with Crippen LogP contribution >= 0.6 is 0 Å². The molecule has 3 heterocycles. The van der Waals surface area contributed by atoms with Gasteiger partial charge in [-0.2, -0.15) is 0 Å². The van der Waals surface area contributed by atoms with Gasteiger partial charge in [-0.15, -0.1) is 10.2 Å². The largest absolute Gasteiger partial charge is 0.354 e. The zero-order valence-electron chi connectivity index (χ0n) is 16.1. The van der Waals surface area contributed by atoms with E-state index in [9.17, 15) is 0 Å². The maximum absolute atomic E-state index is 4.39. The number of aromatic nitrogens is 3. The molecule has 2 aliphatic rings. The molecule has 1 unspecified atom stereocenters. The molecular formula is C20H29N7. The van der Waals surface area contributed by atoms with Crippen molar-refractivity contribution < 1.29 is 0 Å². The van der Waals surface area contributed by atoms with Crippen LogP contribution in [0.15, 0.2) is 35.3 Å². The van der Waals surface area contributed by atoms with E-state index in [1.54, 1.807) is 0 Å². The molecule has 0 bridgehead atoms. The third kappa shape index (κ3) is 4.13. The van der Waals surface area contributed by atoms with Gasteiger partial charge in [0.05, 0.1) is 12.6 Å². The molecule has 0 saturated carbocycles. The zero-order chi connectivity index (χ0) is 18.5. The van der Waals surface area contributed by atoms with Crippen molar-refractivity contribution in [2.75, 3.05) is 26.7 Å². The number of benzene rings is 1. The molecule has 1 aromatic carbocycles. The predicted octanol–water partition coefficient (Wildman–Crippen LogP) is 1.73. The molecule has 1 fully saturated rings. The number of nitrogens with zero attached hydrogens (tertiary/aromatic N) is 5. The zero-order valence-corrected chi connectivity index (χ0v) is 16.1. The Labute approximate surface area is 160 Å². The number of hydrogen-bond donors (Lipinski definition) is 2. The molecule has 2 aliphatic heterocycles. The van der Waals surface area contributed by atoms with Crippen LogP contribution in [0.25, 0.3) is 0 Å². The van der Waals surface area contributed by atoms with Gasteiger partial charge in [0, 0.05) is 26.6 Å². The molecule has 144 valence electrons. The lowest BCUT2D eigenvalue weighted by molar-refractivity contribution is 0.245. The predicted molar refractivity (Wildman–Crippen MR) is 107 cm³/mol. The highest BCUT2D eigenvalue weighted by Gasteiger charge is 2.23. The molecule has 0 radical (unpaired) electrons. The van der Waals surface area contributed by atoms with E-state index in [1.807, 2.05) is 7.05 Å². The van der Waals surface area contributed by atoms with Gasteiger partial charge < -0.3 is 15.2 Å². The summed E-state index contributed by atoms with van der Waals surface area (Å²) < 4.78 is 2.22. The quantitative estimate of drug-likeness (QED) is 0.601. The summed E-state index contributed by atoms with van der Waals surface area (Å²) in [6.07, 6.45) is 4.77. The number of rotatable bonds is 6. The fourth-order valence-corrected chi connectivity index (χ4v) is 4.10. The molecular weight excluding hydrogens is 338 g/mol. The van der Waals surface area contributed by atoms with Gasteiger partial charge in [0.15, 0.2) is 11.8 Å². The summed E-state index contributed by atoms with van der Waals surface area (Å²) in [5.41, 5.74) is 1.36. The lowest BCUT2D eigenvalue weighted by Crippen LogP contribution is -2.42. The van der Waals surface area contributed by atoms with E-state index in [-0.39, 0.29) is 0 Å². The second-order valence-electron chi connectivity index (χ2n) is 7.26. The summed E-state index contributed by atoms with van der Waals surface area (Å²) in [6.45, 7) is 4.84.